The lowest BCUT2D eigenvalue weighted by Gasteiger charge is -2.38. The molecule has 2 saturated heterocycles. The van der Waals surface area contributed by atoms with Crippen LogP contribution in [-0.4, -0.2) is 55.8 Å². The molecule has 178 valence electrons. The van der Waals surface area contributed by atoms with Crippen molar-refractivity contribution in [2.45, 2.75) is 50.4 Å². The average molecular weight is 487 g/mol. The Balaban J connectivity index is 1.21. The van der Waals surface area contributed by atoms with Gasteiger partial charge in [-0.3, -0.25) is 4.79 Å². The summed E-state index contributed by atoms with van der Waals surface area (Å²) < 4.78 is 25.1. The summed E-state index contributed by atoms with van der Waals surface area (Å²) in [6.07, 6.45) is 3.35. The summed E-state index contributed by atoms with van der Waals surface area (Å²) in [5.74, 6) is 0.889. The number of ether oxygens (including phenoxy) is 2. The van der Waals surface area contributed by atoms with Crippen LogP contribution in [-0.2, 0) is 11.3 Å². The van der Waals surface area contributed by atoms with Gasteiger partial charge >= 0.3 is 0 Å². The molecule has 0 spiro atoms. The van der Waals surface area contributed by atoms with Crippen LogP contribution >= 0.6 is 11.6 Å². The number of fused-ring (bicyclic) bond motifs is 2. The number of carbonyl (C=O) groups is 1. The van der Waals surface area contributed by atoms with Crippen LogP contribution in [0.15, 0.2) is 42.5 Å². The van der Waals surface area contributed by atoms with Crippen molar-refractivity contribution in [3.63, 3.8) is 0 Å². The van der Waals surface area contributed by atoms with Gasteiger partial charge in [0.05, 0.1) is 6.54 Å². The number of rotatable bonds is 7. The summed E-state index contributed by atoms with van der Waals surface area (Å²) in [6, 6.07) is 11.4. The number of nitrogens with zero attached hydrogens (tertiary/aromatic N) is 5. The zero-order valence-electron chi connectivity index (χ0n) is 18.3. The highest BCUT2D eigenvalue weighted by Crippen LogP contribution is 2.37. The first-order valence-corrected chi connectivity index (χ1v) is 11.5. The number of halogens is 2. The molecule has 1 amide bonds. The van der Waals surface area contributed by atoms with Crippen molar-refractivity contribution in [2.24, 2.45) is 0 Å². The smallest absolute Gasteiger partial charge is 0.261 e. The van der Waals surface area contributed by atoms with E-state index in [0.29, 0.717) is 22.1 Å². The van der Waals surface area contributed by atoms with Crippen LogP contribution in [0.3, 0.4) is 0 Å². The lowest BCUT2D eigenvalue weighted by atomic mass is 9.99. The number of piperidine rings is 1. The van der Waals surface area contributed by atoms with E-state index in [1.54, 1.807) is 30.3 Å². The van der Waals surface area contributed by atoms with Crippen molar-refractivity contribution in [3.8, 4) is 11.5 Å². The normalized spacial score (nSPS) is 21.5. The first-order valence-electron chi connectivity index (χ1n) is 11.1. The fourth-order valence-electron chi connectivity index (χ4n) is 4.84. The van der Waals surface area contributed by atoms with E-state index in [1.165, 1.54) is 16.9 Å². The van der Waals surface area contributed by atoms with Gasteiger partial charge in [-0.2, -0.15) is 4.80 Å². The lowest BCUT2D eigenvalue weighted by Crippen LogP contribution is -2.50. The summed E-state index contributed by atoms with van der Waals surface area (Å²) in [5, 5.41) is 12.0. The molecule has 2 aliphatic heterocycles. The Kier molecular flexibility index (Phi) is 6.23. The van der Waals surface area contributed by atoms with Crippen LogP contribution < -0.4 is 15.2 Å². The molecule has 2 aromatic carbocycles. The molecule has 34 heavy (non-hydrogen) atoms. The van der Waals surface area contributed by atoms with E-state index >= 15 is 0 Å². The van der Waals surface area contributed by atoms with Gasteiger partial charge < -0.3 is 20.1 Å². The molecule has 2 bridgehead atoms. The predicted octanol–water partition coefficient (Wildman–Crippen LogP) is 3.08. The maximum absolute atomic E-state index is 13.2. The SMILES string of the molecule is Nc1nnn(Cc2cc(Cl)ccc2OCC(=O)N2C3CCC2CC(Oc2ccc(F)cc2)C3)n1. The lowest BCUT2D eigenvalue weighted by molar-refractivity contribution is -0.139. The Bertz CT molecular complexity index is 1160. The summed E-state index contributed by atoms with van der Waals surface area (Å²) >= 11 is 6.15. The fraction of sp³-hybridized carbons (Fsp3) is 0.391. The highest BCUT2D eigenvalue weighted by Gasteiger charge is 2.44. The highest BCUT2D eigenvalue weighted by molar-refractivity contribution is 6.30. The molecular weight excluding hydrogens is 463 g/mol. The molecular formula is C23H24ClFN6O3. The minimum atomic E-state index is -0.293. The molecule has 1 aromatic heterocycles. The van der Waals surface area contributed by atoms with Crippen molar-refractivity contribution in [2.75, 3.05) is 12.3 Å². The Hall–Kier alpha value is -3.40. The minimum absolute atomic E-state index is 0.00147. The third-order valence-electron chi connectivity index (χ3n) is 6.25. The molecule has 9 nitrogen and oxygen atoms in total. The topological polar surface area (TPSA) is 108 Å². The van der Waals surface area contributed by atoms with Crippen molar-refractivity contribution < 1.29 is 18.7 Å². The first-order chi connectivity index (χ1) is 16.4. The van der Waals surface area contributed by atoms with Crippen LogP contribution in [0.4, 0.5) is 10.3 Å². The number of hydrogen-bond acceptors (Lipinski definition) is 7. The summed E-state index contributed by atoms with van der Waals surface area (Å²) in [4.78, 5) is 16.4. The molecule has 2 N–H and O–H groups in total. The van der Waals surface area contributed by atoms with Gasteiger partial charge in [-0.25, -0.2) is 4.39 Å². The van der Waals surface area contributed by atoms with Gasteiger partial charge in [0.1, 0.15) is 23.4 Å². The van der Waals surface area contributed by atoms with Gasteiger partial charge in [0.15, 0.2) is 6.61 Å². The minimum Gasteiger partial charge on any atom is -0.490 e. The average Bonchev–Trinajstić information content (AvgIpc) is 3.34. The molecule has 3 aromatic rings. The Morgan fingerprint density at radius 3 is 2.56 bits per heavy atom. The first kappa shape index (κ1) is 22.4. The zero-order valence-corrected chi connectivity index (χ0v) is 19.1. The monoisotopic (exact) mass is 486 g/mol. The van der Waals surface area contributed by atoms with Gasteiger partial charge in [-0.1, -0.05) is 16.7 Å². The molecule has 2 atom stereocenters. The molecule has 11 heteroatoms. The van der Waals surface area contributed by atoms with E-state index in [0.717, 1.165) is 25.7 Å². The number of carbonyl (C=O) groups excluding carboxylic acids is 1. The number of benzene rings is 2. The van der Waals surface area contributed by atoms with E-state index in [9.17, 15) is 9.18 Å². The Morgan fingerprint density at radius 1 is 1.15 bits per heavy atom. The molecule has 2 fully saturated rings. The van der Waals surface area contributed by atoms with Gasteiger partial charge in [0.2, 0.25) is 0 Å². The molecule has 0 aliphatic carbocycles. The van der Waals surface area contributed by atoms with Gasteiger partial charge in [-0.15, -0.1) is 5.10 Å². The quantitative estimate of drug-likeness (QED) is 0.546. The van der Waals surface area contributed by atoms with Crippen molar-refractivity contribution in [1.82, 2.24) is 25.1 Å². The molecule has 2 aliphatic rings. The number of nitrogen functional groups attached to an aromatic ring is 1. The van der Waals surface area contributed by atoms with E-state index in [4.69, 9.17) is 26.8 Å². The number of anilines is 1. The van der Waals surface area contributed by atoms with Crippen molar-refractivity contribution >= 4 is 23.5 Å². The molecule has 3 heterocycles. The summed E-state index contributed by atoms with van der Waals surface area (Å²) in [5.41, 5.74) is 6.25. The van der Waals surface area contributed by atoms with E-state index in [2.05, 4.69) is 15.4 Å². The third-order valence-corrected chi connectivity index (χ3v) is 6.48. The second kappa shape index (κ2) is 9.46. The number of nitrogens with two attached hydrogens (primary N) is 1. The molecule has 5 rings (SSSR count). The molecule has 0 radical (unpaired) electrons. The largest absolute Gasteiger partial charge is 0.490 e. The Labute approximate surface area is 200 Å². The highest BCUT2D eigenvalue weighted by atomic mass is 35.5. The second-order valence-corrected chi connectivity index (χ2v) is 9.01. The van der Waals surface area contributed by atoms with Gasteiger partial charge in [0.25, 0.3) is 11.9 Å². The summed E-state index contributed by atoms with van der Waals surface area (Å²) in [6.45, 7) is 0.170. The number of hydrogen-bond donors (Lipinski definition) is 1. The van der Waals surface area contributed by atoms with Crippen LogP contribution in [0.2, 0.25) is 5.02 Å². The van der Waals surface area contributed by atoms with Crippen LogP contribution in [0.5, 0.6) is 11.5 Å². The van der Waals surface area contributed by atoms with Gasteiger partial charge in [0, 0.05) is 35.5 Å². The zero-order chi connectivity index (χ0) is 23.7. The Morgan fingerprint density at radius 2 is 1.88 bits per heavy atom. The predicted molar refractivity (Wildman–Crippen MR) is 122 cm³/mol. The van der Waals surface area contributed by atoms with E-state index < -0.39 is 0 Å². The van der Waals surface area contributed by atoms with Crippen LogP contribution in [0.1, 0.15) is 31.2 Å². The molecule has 0 saturated carbocycles. The third kappa shape index (κ3) is 4.91. The summed E-state index contributed by atoms with van der Waals surface area (Å²) in [7, 11) is 0. The number of aromatic nitrogens is 4. The standard InChI is InChI=1S/C23H24ClFN6O3/c24-15-1-8-21(14(9-15)12-30-28-23(26)27-29-30)33-13-22(32)31-17-4-5-18(31)11-20(10-17)34-19-6-2-16(25)3-7-19/h1-3,6-9,17-18,20H,4-5,10-13H2,(H2,26,28). The van der Waals surface area contributed by atoms with Gasteiger partial charge in [-0.05, 0) is 60.5 Å². The maximum atomic E-state index is 13.2. The van der Waals surface area contributed by atoms with Crippen LogP contribution in [0.25, 0.3) is 0 Å². The van der Waals surface area contributed by atoms with E-state index in [1.807, 2.05) is 4.90 Å². The van der Waals surface area contributed by atoms with Crippen LogP contribution in [0, 0.1) is 5.82 Å². The molecule has 2 unspecified atom stereocenters. The maximum Gasteiger partial charge on any atom is 0.261 e. The second-order valence-electron chi connectivity index (χ2n) is 8.57. The van der Waals surface area contributed by atoms with Crippen molar-refractivity contribution in [3.05, 3.63) is 58.9 Å². The fourth-order valence-corrected chi connectivity index (χ4v) is 5.03. The van der Waals surface area contributed by atoms with Crippen molar-refractivity contribution in [1.29, 1.82) is 0 Å². The van der Waals surface area contributed by atoms with E-state index in [-0.39, 0.29) is 49.0 Å². The number of amides is 1. The number of tetrazole rings is 1.